The number of rotatable bonds is 9. The third-order valence-corrected chi connectivity index (χ3v) is 4.25. The van der Waals surface area contributed by atoms with Crippen LogP contribution in [0.25, 0.3) is 0 Å². The highest BCUT2D eigenvalue weighted by Gasteiger charge is 2.21. The number of nitro groups is 1. The van der Waals surface area contributed by atoms with E-state index in [2.05, 4.69) is 36.8 Å². The summed E-state index contributed by atoms with van der Waals surface area (Å²) in [4.78, 5) is 34.8. The van der Waals surface area contributed by atoms with E-state index in [9.17, 15) is 19.7 Å². The summed E-state index contributed by atoms with van der Waals surface area (Å²) in [7, 11) is 0. The topological polar surface area (TPSA) is 137 Å². The minimum Gasteiger partial charge on any atom is -0.358 e. The lowest BCUT2D eigenvalue weighted by molar-refractivity contribution is -0.390. The standard InChI is InChI=1S/C16H22BrN7O4/c1-4-22-9-12(14(20-22)16(26)18-7-10(2)3)19-13(25)5-6-23-8-11(17)15(21-23)24(27)28/h8-10H,4-7H2,1-3H3,(H,18,26)(H,19,25). The van der Waals surface area contributed by atoms with Crippen LogP contribution in [-0.2, 0) is 17.9 Å². The number of carbonyl (C=O) groups excluding carboxylic acids is 2. The molecule has 2 N–H and O–H groups in total. The van der Waals surface area contributed by atoms with Crippen molar-refractivity contribution in [3.63, 3.8) is 0 Å². The van der Waals surface area contributed by atoms with Gasteiger partial charge in [0.05, 0.1) is 23.5 Å². The van der Waals surface area contributed by atoms with E-state index in [1.54, 1.807) is 10.9 Å². The Balaban J connectivity index is 2.02. The third-order valence-electron chi connectivity index (χ3n) is 3.69. The Hall–Kier alpha value is -2.76. The van der Waals surface area contributed by atoms with Gasteiger partial charge in [-0.1, -0.05) is 13.8 Å². The molecule has 0 aliphatic carbocycles. The highest BCUT2D eigenvalue weighted by atomic mass is 79.9. The average Bonchev–Trinajstić information content (AvgIpc) is 3.21. The fourth-order valence-electron chi connectivity index (χ4n) is 2.28. The van der Waals surface area contributed by atoms with Gasteiger partial charge in [0.2, 0.25) is 5.91 Å². The highest BCUT2D eigenvalue weighted by molar-refractivity contribution is 9.10. The minimum absolute atomic E-state index is 0.0234. The molecule has 0 radical (unpaired) electrons. The van der Waals surface area contributed by atoms with Crippen LogP contribution < -0.4 is 10.6 Å². The second-order valence-corrected chi connectivity index (χ2v) is 7.32. The van der Waals surface area contributed by atoms with Crippen molar-refractivity contribution in [3.8, 4) is 0 Å². The largest absolute Gasteiger partial charge is 0.404 e. The molecule has 0 saturated carbocycles. The van der Waals surface area contributed by atoms with Crippen molar-refractivity contribution >= 4 is 39.2 Å². The van der Waals surface area contributed by atoms with Gasteiger partial charge in [-0.3, -0.25) is 14.3 Å². The van der Waals surface area contributed by atoms with Crippen LogP contribution in [-0.4, -0.2) is 42.8 Å². The average molecular weight is 456 g/mol. The van der Waals surface area contributed by atoms with Crippen molar-refractivity contribution in [3.05, 3.63) is 32.7 Å². The minimum atomic E-state index is -0.609. The van der Waals surface area contributed by atoms with Gasteiger partial charge in [0.1, 0.15) is 4.47 Å². The van der Waals surface area contributed by atoms with Crippen molar-refractivity contribution in [1.29, 1.82) is 0 Å². The van der Waals surface area contributed by atoms with Crippen LogP contribution in [0.3, 0.4) is 0 Å². The highest BCUT2D eigenvalue weighted by Crippen LogP contribution is 2.22. The number of amides is 2. The number of aromatic nitrogens is 4. The van der Waals surface area contributed by atoms with Crippen LogP contribution in [0.1, 0.15) is 37.7 Å². The van der Waals surface area contributed by atoms with E-state index in [0.717, 1.165) is 0 Å². The van der Waals surface area contributed by atoms with Gasteiger partial charge >= 0.3 is 5.82 Å². The first-order valence-electron chi connectivity index (χ1n) is 8.74. The zero-order valence-electron chi connectivity index (χ0n) is 15.8. The molecule has 28 heavy (non-hydrogen) atoms. The van der Waals surface area contributed by atoms with Gasteiger partial charge in [-0.05, 0) is 33.7 Å². The lowest BCUT2D eigenvalue weighted by Crippen LogP contribution is -2.29. The van der Waals surface area contributed by atoms with E-state index in [1.807, 2.05) is 20.8 Å². The molecule has 2 aromatic rings. The third kappa shape index (κ3) is 5.62. The molecule has 0 aliphatic rings. The summed E-state index contributed by atoms with van der Waals surface area (Å²) < 4.78 is 3.12. The molecule has 0 unspecified atom stereocenters. The summed E-state index contributed by atoms with van der Waals surface area (Å²) >= 11 is 3.06. The summed E-state index contributed by atoms with van der Waals surface area (Å²) in [6, 6.07) is 0. The van der Waals surface area contributed by atoms with Crippen LogP contribution in [0.5, 0.6) is 0 Å². The van der Waals surface area contributed by atoms with Gasteiger partial charge in [-0.2, -0.15) is 9.78 Å². The van der Waals surface area contributed by atoms with Gasteiger partial charge in [0.25, 0.3) is 5.91 Å². The Bertz CT molecular complexity index is 874. The molecule has 2 amide bonds. The zero-order chi connectivity index (χ0) is 20.8. The van der Waals surface area contributed by atoms with Crippen molar-refractivity contribution in [2.45, 2.75) is 40.3 Å². The summed E-state index contributed by atoms with van der Waals surface area (Å²) in [6.07, 6.45) is 3.05. The maximum Gasteiger partial charge on any atom is 0.404 e. The molecule has 2 heterocycles. The predicted molar refractivity (Wildman–Crippen MR) is 105 cm³/mol. The molecule has 2 aromatic heterocycles. The number of hydrogen-bond acceptors (Lipinski definition) is 6. The quantitative estimate of drug-likeness (QED) is 0.438. The molecule has 152 valence electrons. The van der Waals surface area contributed by atoms with Crippen molar-refractivity contribution < 1.29 is 14.5 Å². The molecule has 0 aliphatic heterocycles. The SMILES string of the molecule is CCn1cc(NC(=O)CCn2cc(Br)c([N+](=O)[O-])n2)c(C(=O)NCC(C)C)n1. The van der Waals surface area contributed by atoms with Crippen LogP contribution in [0.2, 0.25) is 0 Å². The van der Waals surface area contributed by atoms with Crippen molar-refractivity contribution in [2.75, 3.05) is 11.9 Å². The summed E-state index contributed by atoms with van der Waals surface area (Å²) in [5, 5.41) is 24.3. The van der Waals surface area contributed by atoms with E-state index in [0.29, 0.717) is 18.8 Å². The summed E-state index contributed by atoms with van der Waals surface area (Å²) in [5.74, 6) is -0.743. The number of hydrogen-bond donors (Lipinski definition) is 2. The molecular weight excluding hydrogens is 434 g/mol. The van der Waals surface area contributed by atoms with Crippen LogP contribution >= 0.6 is 15.9 Å². The molecule has 0 fully saturated rings. The smallest absolute Gasteiger partial charge is 0.358 e. The lowest BCUT2D eigenvalue weighted by Gasteiger charge is -2.08. The molecule has 11 nitrogen and oxygen atoms in total. The van der Waals surface area contributed by atoms with Gasteiger partial charge in [0.15, 0.2) is 5.69 Å². The van der Waals surface area contributed by atoms with Gasteiger partial charge in [0, 0.05) is 25.7 Å². The summed E-state index contributed by atoms with van der Waals surface area (Å²) in [6.45, 7) is 7.02. The Morgan fingerprint density at radius 1 is 1.29 bits per heavy atom. The molecule has 0 atom stereocenters. The molecule has 0 spiro atoms. The fraction of sp³-hybridized carbons (Fsp3) is 0.500. The monoisotopic (exact) mass is 455 g/mol. The first-order valence-corrected chi connectivity index (χ1v) is 9.53. The Morgan fingerprint density at radius 2 is 2.00 bits per heavy atom. The predicted octanol–water partition coefficient (Wildman–Crippen LogP) is 2.18. The van der Waals surface area contributed by atoms with Gasteiger partial charge in [-0.25, -0.2) is 0 Å². The lowest BCUT2D eigenvalue weighted by atomic mass is 10.2. The number of halogens is 1. The summed E-state index contributed by atoms with van der Waals surface area (Å²) in [5.41, 5.74) is 0.467. The number of aryl methyl sites for hydroxylation is 2. The van der Waals surface area contributed by atoms with E-state index in [1.165, 1.54) is 10.9 Å². The molecule has 0 bridgehead atoms. The second-order valence-electron chi connectivity index (χ2n) is 6.47. The first kappa shape index (κ1) is 21.5. The van der Waals surface area contributed by atoms with Crippen LogP contribution in [0.4, 0.5) is 11.5 Å². The van der Waals surface area contributed by atoms with Crippen LogP contribution in [0, 0.1) is 16.0 Å². The van der Waals surface area contributed by atoms with E-state index in [-0.39, 0.29) is 46.7 Å². The Labute approximate surface area is 169 Å². The molecule has 0 aromatic carbocycles. The van der Waals surface area contributed by atoms with Crippen molar-refractivity contribution in [1.82, 2.24) is 24.9 Å². The van der Waals surface area contributed by atoms with E-state index in [4.69, 9.17) is 0 Å². The normalized spacial score (nSPS) is 10.9. The zero-order valence-corrected chi connectivity index (χ0v) is 17.4. The fourth-order valence-corrected chi connectivity index (χ4v) is 2.74. The number of nitrogens with one attached hydrogen (secondary N) is 2. The number of carbonyl (C=O) groups is 2. The second kappa shape index (κ2) is 9.44. The molecular formula is C16H22BrN7O4. The van der Waals surface area contributed by atoms with Gasteiger partial charge < -0.3 is 20.7 Å². The first-order chi connectivity index (χ1) is 13.2. The number of anilines is 1. The van der Waals surface area contributed by atoms with Crippen LogP contribution in [0.15, 0.2) is 16.9 Å². The Kier molecular flexibility index (Phi) is 7.26. The van der Waals surface area contributed by atoms with E-state index < -0.39 is 4.92 Å². The number of nitrogens with zero attached hydrogens (tertiary/aromatic N) is 5. The Morgan fingerprint density at radius 3 is 2.57 bits per heavy atom. The van der Waals surface area contributed by atoms with E-state index >= 15 is 0 Å². The van der Waals surface area contributed by atoms with Crippen molar-refractivity contribution in [2.24, 2.45) is 5.92 Å². The maximum atomic E-state index is 12.3. The molecule has 2 rings (SSSR count). The molecule has 12 heteroatoms. The van der Waals surface area contributed by atoms with Gasteiger partial charge in [-0.15, -0.1) is 0 Å². The maximum absolute atomic E-state index is 12.3. The molecule has 0 saturated heterocycles.